The Kier molecular flexibility index (Phi) is 15.2. The number of benzene rings is 1. The number of rotatable bonds is 19. The van der Waals surface area contributed by atoms with E-state index in [-0.39, 0.29) is 12.1 Å². The molecular weight excluding hydrogens is 478 g/mol. The lowest BCUT2D eigenvalue weighted by molar-refractivity contribution is -0.134. The number of allylic oxidation sites excluding steroid dienone is 1. The van der Waals surface area contributed by atoms with Crippen LogP contribution in [0.4, 0.5) is 0 Å². The summed E-state index contributed by atoms with van der Waals surface area (Å²) in [5.41, 5.74) is 10.2. The smallest absolute Gasteiger partial charge is 0.293 e. The largest absolute Gasteiger partial charge is 0.491 e. The van der Waals surface area contributed by atoms with E-state index in [2.05, 4.69) is 5.32 Å². The van der Waals surface area contributed by atoms with Crippen LogP contribution in [0.25, 0.3) is 0 Å². The van der Waals surface area contributed by atoms with Gasteiger partial charge in [0.15, 0.2) is 0 Å². The molecule has 2 atom stereocenters. The summed E-state index contributed by atoms with van der Waals surface area (Å²) in [6.07, 6.45) is 4.37. The lowest BCUT2D eigenvalue weighted by Gasteiger charge is -2.26. The molecule has 1 aliphatic carbocycles. The van der Waals surface area contributed by atoms with Gasteiger partial charge in [-0.15, -0.1) is 0 Å². The molecule has 0 saturated heterocycles. The van der Waals surface area contributed by atoms with E-state index < -0.39 is 0 Å². The highest BCUT2D eigenvalue weighted by molar-refractivity contribution is 5.96. The minimum Gasteiger partial charge on any atom is -0.491 e. The minimum atomic E-state index is -0.297. The van der Waals surface area contributed by atoms with Gasteiger partial charge in [-0.05, 0) is 67.9 Å². The third-order valence-corrected chi connectivity index (χ3v) is 6.11. The van der Waals surface area contributed by atoms with Crippen LogP contribution in [0.2, 0.25) is 0 Å². The first-order valence-corrected chi connectivity index (χ1v) is 12.8. The Morgan fingerprint density at radius 1 is 1.00 bits per heavy atom. The number of carbonyl (C=O) groups excluding carboxylic acids is 2. The third-order valence-electron chi connectivity index (χ3n) is 6.11. The van der Waals surface area contributed by atoms with Gasteiger partial charge in [-0.25, -0.2) is 0 Å². The summed E-state index contributed by atoms with van der Waals surface area (Å²) < 4.78 is 27.2. The lowest BCUT2D eigenvalue weighted by Crippen LogP contribution is -2.21. The van der Waals surface area contributed by atoms with E-state index in [1.807, 2.05) is 24.3 Å². The average Bonchev–Trinajstić information content (AvgIpc) is 2.88. The molecule has 0 heterocycles. The van der Waals surface area contributed by atoms with Crippen LogP contribution in [0.1, 0.15) is 50.6 Å². The predicted octanol–water partition coefficient (Wildman–Crippen LogP) is 2.70. The first-order valence-electron chi connectivity index (χ1n) is 12.8. The molecule has 4 N–H and O–H groups in total. The molecule has 0 spiro atoms. The first kappa shape index (κ1) is 30.4. The number of amides is 1. The van der Waals surface area contributed by atoms with Crippen molar-refractivity contribution in [2.75, 3.05) is 52.8 Å². The van der Waals surface area contributed by atoms with E-state index >= 15 is 0 Å². The van der Waals surface area contributed by atoms with Gasteiger partial charge in [-0.3, -0.25) is 9.59 Å². The van der Waals surface area contributed by atoms with Crippen molar-refractivity contribution in [3.8, 4) is 5.75 Å². The zero-order valence-electron chi connectivity index (χ0n) is 21.7. The molecule has 0 bridgehead atoms. The van der Waals surface area contributed by atoms with Gasteiger partial charge in [0.25, 0.3) is 6.47 Å². The summed E-state index contributed by atoms with van der Waals surface area (Å²) in [5, 5.41) is 10.8. The van der Waals surface area contributed by atoms with E-state index in [1.165, 1.54) is 0 Å². The van der Waals surface area contributed by atoms with Crippen LogP contribution in [0.15, 0.2) is 35.4 Å². The quantitative estimate of drug-likeness (QED) is 0.144. The molecule has 1 aromatic rings. The van der Waals surface area contributed by atoms with Crippen molar-refractivity contribution in [2.45, 2.75) is 51.2 Å². The molecular formula is C27H41N3O7. The second-order valence-corrected chi connectivity index (χ2v) is 8.72. The molecule has 10 nitrogen and oxygen atoms in total. The Labute approximate surface area is 219 Å². The normalized spacial score (nSPS) is 18.8. The topological polar surface area (TPSA) is 142 Å². The summed E-state index contributed by atoms with van der Waals surface area (Å²) in [6.45, 7) is 6.01. The van der Waals surface area contributed by atoms with Crippen molar-refractivity contribution < 1.29 is 33.3 Å². The maximum Gasteiger partial charge on any atom is 0.293 e. The van der Waals surface area contributed by atoms with Gasteiger partial charge in [0.2, 0.25) is 6.41 Å². The average molecular weight is 520 g/mol. The second kappa shape index (κ2) is 18.5. The summed E-state index contributed by atoms with van der Waals surface area (Å²) in [5.74, 6) is 0.737. The molecule has 10 heteroatoms. The number of hydrogen-bond donors (Lipinski definition) is 3. The maximum atomic E-state index is 10.7. The second-order valence-electron chi connectivity index (χ2n) is 8.72. The molecule has 1 amide bonds. The summed E-state index contributed by atoms with van der Waals surface area (Å²) in [6, 6.07) is 7.43. The molecule has 0 radical (unpaired) electrons. The highest BCUT2D eigenvalue weighted by atomic mass is 16.6. The predicted molar refractivity (Wildman–Crippen MR) is 140 cm³/mol. The van der Waals surface area contributed by atoms with Gasteiger partial charge < -0.3 is 40.1 Å². The Morgan fingerprint density at radius 2 is 1.65 bits per heavy atom. The molecule has 0 fully saturated rings. The van der Waals surface area contributed by atoms with Crippen LogP contribution in [-0.2, 0) is 28.5 Å². The van der Waals surface area contributed by atoms with Crippen LogP contribution in [0.5, 0.6) is 5.75 Å². The summed E-state index contributed by atoms with van der Waals surface area (Å²) >= 11 is 0. The lowest BCUT2D eigenvalue weighted by atomic mass is 9.84. The maximum absolute atomic E-state index is 10.7. The Morgan fingerprint density at radius 3 is 2.27 bits per heavy atom. The molecule has 0 saturated carbocycles. The van der Waals surface area contributed by atoms with Gasteiger partial charge in [-0.1, -0.05) is 12.1 Å². The van der Waals surface area contributed by atoms with Crippen LogP contribution in [0, 0.1) is 5.41 Å². The molecule has 0 aliphatic heterocycles. The Hall–Kier alpha value is -2.79. The van der Waals surface area contributed by atoms with Crippen molar-refractivity contribution in [1.29, 1.82) is 5.41 Å². The van der Waals surface area contributed by atoms with Gasteiger partial charge >= 0.3 is 0 Å². The van der Waals surface area contributed by atoms with Gasteiger partial charge in [0.1, 0.15) is 18.5 Å². The molecule has 2 rings (SSSR count). The van der Waals surface area contributed by atoms with Gasteiger partial charge in [0, 0.05) is 12.3 Å². The van der Waals surface area contributed by atoms with E-state index in [1.54, 1.807) is 6.92 Å². The Balaban J connectivity index is 1.71. The van der Waals surface area contributed by atoms with Gasteiger partial charge in [0.05, 0.1) is 45.7 Å². The zero-order valence-corrected chi connectivity index (χ0v) is 21.7. The SMILES string of the molecule is CC(=N)/C1=C(\C(N)c2ccc(OCCOCCOCCOCCNC=O)cc2)CCCC(OC=O)CC1. The standard InChI is InChI=1S/C27H41N3O7/c1-21(28)25-10-9-23(37-20-32)3-2-4-26(25)27(29)22-5-7-24(8-6-22)36-18-17-35-16-15-34-14-13-33-12-11-30-19-31/h5-8,19-20,23,27-28H,2-4,9-18,29H2,1H3,(H,30,31)/b26-25-,28-21?. The number of nitrogens with two attached hydrogens (primary N) is 1. The van der Waals surface area contributed by atoms with Crippen molar-refractivity contribution in [1.82, 2.24) is 5.32 Å². The molecule has 1 aliphatic rings. The van der Waals surface area contributed by atoms with E-state index in [0.717, 1.165) is 41.7 Å². The molecule has 2 unspecified atom stereocenters. The van der Waals surface area contributed by atoms with Crippen LogP contribution >= 0.6 is 0 Å². The van der Waals surface area contributed by atoms with E-state index in [0.29, 0.717) is 84.2 Å². The fourth-order valence-electron chi connectivity index (χ4n) is 4.19. The van der Waals surface area contributed by atoms with Crippen molar-refractivity contribution >= 4 is 18.6 Å². The number of nitrogens with one attached hydrogen (secondary N) is 2. The minimum absolute atomic E-state index is 0.0966. The highest BCUT2D eigenvalue weighted by Crippen LogP contribution is 2.33. The first-order chi connectivity index (χ1) is 18.1. The zero-order chi connectivity index (χ0) is 26.7. The highest BCUT2D eigenvalue weighted by Gasteiger charge is 2.22. The number of ether oxygens (including phenoxy) is 5. The monoisotopic (exact) mass is 519 g/mol. The van der Waals surface area contributed by atoms with Crippen LogP contribution in [0.3, 0.4) is 0 Å². The summed E-state index contributed by atoms with van der Waals surface area (Å²) in [4.78, 5) is 20.8. The van der Waals surface area contributed by atoms with E-state index in [9.17, 15) is 9.59 Å². The molecule has 37 heavy (non-hydrogen) atoms. The number of hydrogen-bond acceptors (Lipinski definition) is 9. The fraction of sp³-hybridized carbons (Fsp3) is 0.593. The molecule has 0 aromatic heterocycles. The van der Waals surface area contributed by atoms with E-state index in [4.69, 9.17) is 34.8 Å². The molecule has 206 valence electrons. The molecule has 1 aromatic carbocycles. The third kappa shape index (κ3) is 11.9. The van der Waals surface area contributed by atoms with Crippen LogP contribution < -0.4 is 15.8 Å². The fourth-order valence-corrected chi connectivity index (χ4v) is 4.19. The Bertz CT molecular complexity index is 845. The van der Waals surface area contributed by atoms with Crippen molar-refractivity contribution in [3.63, 3.8) is 0 Å². The van der Waals surface area contributed by atoms with Crippen molar-refractivity contribution in [3.05, 3.63) is 41.0 Å². The number of carbonyl (C=O) groups is 2. The van der Waals surface area contributed by atoms with Crippen molar-refractivity contribution in [2.24, 2.45) is 5.73 Å². The van der Waals surface area contributed by atoms with Gasteiger partial charge in [-0.2, -0.15) is 0 Å². The van der Waals surface area contributed by atoms with Crippen LogP contribution in [-0.4, -0.2) is 77.5 Å². The summed E-state index contributed by atoms with van der Waals surface area (Å²) in [7, 11) is 0.